The molecule has 3 N–H and O–H groups in total. The van der Waals surface area contributed by atoms with Gasteiger partial charge in [0.05, 0.1) is 0 Å². The van der Waals surface area contributed by atoms with Gasteiger partial charge >= 0.3 is 0 Å². The van der Waals surface area contributed by atoms with Crippen molar-refractivity contribution in [1.82, 2.24) is 5.32 Å². The summed E-state index contributed by atoms with van der Waals surface area (Å²) in [4.78, 5) is 11.5. The van der Waals surface area contributed by atoms with Crippen LogP contribution in [0.4, 0.5) is 5.69 Å². The molecule has 1 amide bonds. The molecule has 0 fully saturated rings. The van der Waals surface area contributed by atoms with Crippen molar-refractivity contribution in [3.63, 3.8) is 0 Å². The highest BCUT2D eigenvalue weighted by molar-refractivity contribution is 7.98. The van der Waals surface area contributed by atoms with Crippen LogP contribution in [-0.4, -0.2) is 24.0 Å². The second-order valence-electron chi connectivity index (χ2n) is 3.86. The molecule has 1 rings (SSSR count). The lowest BCUT2D eigenvalue weighted by molar-refractivity contribution is -0.116. The number of anilines is 1. The fourth-order valence-corrected chi connectivity index (χ4v) is 1.94. The van der Waals surface area contributed by atoms with Crippen LogP contribution in [0, 0.1) is 0 Å². The molecule has 1 aromatic rings. The van der Waals surface area contributed by atoms with Crippen LogP contribution in [0.15, 0.2) is 30.3 Å². The van der Waals surface area contributed by atoms with E-state index in [1.165, 1.54) is 0 Å². The van der Waals surface area contributed by atoms with Crippen LogP contribution >= 0.6 is 11.8 Å². The van der Waals surface area contributed by atoms with E-state index in [9.17, 15) is 4.79 Å². The minimum absolute atomic E-state index is 0.0663. The molecule has 17 heavy (non-hydrogen) atoms. The number of rotatable bonds is 5. The Bertz CT molecular complexity index is 387. The summed E-state index contributed by atoms with van der Waals surface area (Å²) in [7, 11) is 0. The first-order valence-corrected chi connectivity index (χ1v) is 6.84. The Morgan fingerprint density at radius 2 is 2.12 bits per heavy atom. The molecule has 0 saturated carbocycles. The van der Waals surface area contributed by atoms with Crippen LogP contribution < -0.4 is 11.1 Å². The highest BCUT2D eigenvalue weighted by atomic mass is 32.2. The summed E-state index contributed by atoms with van der Waals surface area (Å²) in [5.41, 5.74) is 7.26. The third-order valence-corrected chi connectivity index (χ3v) is 3.00. The van der Waals surface area contributed by atoms with Crippen molar-refractivity contribution in [2.24, 2.45) is 0 Å². The second-order valence-corrected chi connectivity index (χ2v) is 4.78. The Kier molecular flexibility index (Phi) is 5.63. The molecular weight excluding hydrogens is 232 g/mol. The monoisotopic (exact) mass is 250 g/mol. The summed E-state index contributed by atoms with van der Waals surface area (Å²) < 4.78 is 0. The number of amides is 1. The fraction of sp³-hybridized carbons (Fsp3) is 0.308. The molecule has 0 saturated heterocycles. The first-order valence-electron chi connectivity index (χ1n) is 5.45. The van der Waals surface area contributed by atoms with Crippen molar-refractivity contribution in [2.75, 3.05) is 17.7 Å². The molecule has 4 heteroatoms. The average Bonchev–Trinajstić information content (AvgIpc) is 2.28. The Hall–Kier alpha value is -1.42. The molecule has 0 aliphatic rings. The number of hydrogen-bond acceptors (Lipinski definition) is 3. The lowest BCUT2D eigenvalue weighted by Crippen LogP contribution is -2.32. The van der Waals surface area contributed by atoms with Crippen molar-refractivity contribution >= 4 is 29.4 Å². The van der Waals surface area contributed by atoms with Crippen LogP contribution in [-0.2, 0) is 4.79 Å². The number of carbonyl (C=O) groups is 1. The Morgan fingerprint density at radius 3 is 2.71 bits per heavy atom. The van der Waals surface area contributed by atoms with Gasteiger partial charge in [-0.25, -0.2) is 0 Å². The Balaban J connectivity index is 2.47. The van der Waals surface area contributed by atoms with Gasteiger partial charge in [0.2, 0.25) is 5.91 Å². The molecule has 0 aromatic heterocycles. The minimum atomic E-state index is -0.0663. The molecule has 0 aliphatic carbocycles. The predicted octanol–water partition coefficient (Wildman–Crippen LogP) is 2.15. The molecule has 0 radical (unpaired) electrons. The van der Waals surface area contributed by atoms with E-state index in [1.807, 2.05) is 37.4 Å². The summed E-state index contributed by atoms with van der Waals surface area (Å²) in [6.07, 6.45) is 5.34. The summed E-state index contributed by atoms with van der Waals surface area (Å²) in [6.45, 7) is 1.99. The maximum Gasteiger partial charge on any atom is 0.244 e. The number of thioether (sulfide) groups is 1. The number of nitrogens with two attached hydrogens (primary N) is 1. The lowest BCUT2D eigenvalue weighted by Gasteiger charge is -2.09. The van der Waals surface area contributed by atoms with Crippen molar-refractivity contribution in [2.45, 2.75) is 13.0 Å². The zero-order valence-electron chi connectivity index (χ0n) is 10.1. The second kappa shape index (κ2) is 7.01. The smallest absolute Gasteiger partial charge is 0.244 e. The van der Waals surface area contributed by atoms with Gasteiger partial charge in [-0.2, -0.15) is 11.8 Å². The highest BCUT2D eigenvalue weighted by Crippen LogP contribution is 2.06. The van der Waals surface area contributed by atoms with E-state index in [1.54, 1.807) is 23.9 Å². The zero-order chi connectivity index (χ0) is 12.7. The van der Waals surface area contributed by atoms with Gasteiger partial charge in [-0.3, -0.25) is 4.79 Å². The quantitative estimate of drug-likeness (QED) is 0.622. The van der Waals surface area contributed by atoms with Crippen molar-refractivity contribution in [3.05, 3.63) is 35.9 Å². The van der Waals surface area contributed by atoms with Gasteiger partial charge < -0.3 is 11.1 Å². The maximum atomic E-state index is 11.5. The predicted molar refractivity (Wildman–Crippen MR) is 75.9 cm³/mol. The van der Waals surface area contributed by atoms with E-state index in [2.05, 4.69) is 5.32 Å². The zero-order valence-corrected chi connectivity index (χ0v) is 11.0. The van der Waals surface area contributed by atoms with E-state index >= 15 is 0 Å². The molecule has 0 spiro atoms. The van der Waals surface area contributed by atoms with Crippen LogP contribution in [0.25, 0.3) is 6.08 Å². The Morgan fingerprint density at radius 1 is 1.47 bits per heavy atom. The Labute approximate surface area is 106 Å². The highest BCUT2D eigenvalue weighted by Gasteiger charge is 2.02. The number of carbonyl (C=O) groups excluding carboxylic acids is 1. The third kappa shape index (κ3) is 5.45. The normalized spacial score (nSPS) is 12.6. The average molecular weight is 250 g/mol. The van der Waals surface area contributed by atoms with Crippen LogP contribution in [0.3, 0.4) is 0 Å². The maximum absolute atomic E-state index is 11.5. The molecule has 1 atom stereocenters. The van der Waals surface area contributed by atoms with Gasteiger partial charge in [0, 0.05) is 23.6 Å². The molecule has 92 valence electrons. The lowest BCUT2D eigenvalue weighted by atomic mass is 10.2. The third-order valence-electron chi connectivity index (χ3n) is 2.17. The van der Waals surface area contributed by atoms with Gasteiger partial charge in [-0.05, 0) is 37.0 Å². The van der Waals surface area contributed by atoms with Gasteiger partial charge in [-0.1, -0.05) is 12.1 Å². The van der Waals surface area contributed by atoms with E-state index in [0.717, 1.165) is 17.0 Å². The van der Waals surface area contributed by atoms with Gasteiger partial charge in [0.1, 0.15) is 0 Å². The van der Waals surface area contributed by atoms with Gasteiger partial charge in [0.25, 0.3) is 0 Å². The molecule has 1 unspecified atom stereocenters. The number of benzene rings is 1. The van der Waals surface area contributed by atoms with Crippen molar-refractivity contribution in [3.8, 4) is 0 Å². The summed E-state index contributed by atoms with van der Waals surface area (Å²) >= 11 is 1.72. The minimum Gasteiger partial charge on any atom is -0.399 e. The fourth-order valence-electron chi connectivity index (χ4n) is 1.36. The topological polar surface area (TPSA) is 55.1 Å². The van der Waals surface area contributed by atoms with E-state index in [-0.39, 0.29) is 11.9 Å². The SMILES string of the molecule is CSCC(C)NC(=O)/C=C/c1ccc(N)cc1. The largest absolute Gasteiger partial charge is 0.399 e. The van der Waals surface area contributed by atoms with E-state index in [4.69, 9.17) is 5.73 Å². The van der Waals surface area contributed by atoms with Crippen LogP contribution in [0.1, 0.15) is 12.5 Å². The van der Waals surface area contributed by atoms with Crippen LogP contribution in [0.5, 0.6) is 0 Å². The van der Waals surface area contributed by atoms with E-state index in [0.29, 0.717) is 0 Å². The molecule has 3 nitrogen and oxygen atoms in total. The molecule has 0 heterocycles. The molecule has 1 aromatic carbocycles. The number of hydrogen-bond donors (Lipinski definition) is 2. The number of nitrogens with one attached hydrogen (secondary N) is 1. The van der Waals surface area contributed by atoms with Crippen molar-refractivity contribution in [1.29, 1.82) is 0 Å². The van der Waals surface area contributed by atoms with Gasteiger partial charge in [0.15, 0.2) is 0 Å². The van der Waals surface area contributed by atoms with Crippen LogP contribution in [0.2, 0.25) is 0 Å². The summed E-state index contributed by atoms with van der Waals surface area (Å²) in [5, 5.41) is 2.89. The molecular formula is C13H18N2OS. The van der Waals surface area contributed by atoms with E-state index < -0.39 is 0 Å². The number of nitrogen functional groups attached to an aromatic ring is 1. The summed E-state index contributed by atoms with van der Waals surface area (Å²) in [6, 6.07) is 7.57. The van der Waals surface area contributed by atoms with Gasteiger partial charge in [-0.15, -0.1) is 0 Å². The summed E-state index contributed by atoms with van der Waals surface area (Å²) in [5.74, 6) is 0.852. The molecule has 0 aliphatic heterocycles. The first kappa shape index (κ1) is 13.6. The van der Waals surface area contributed by atoms with Crippen molar-refractivity contribution < 1.29 is 4.79 Å². The first-order chi connectivity index (χ1) is 8.11. The standard InChI is InChI=1S/C13H18N2OS/c1-10(9-17-2)15-13(16)8-5-11-3-6-12(14)7-4-11/h3-8,10H,9,14H2,1-2H3,(H,15,16)/b8-5+. The molecule has 0 bridgehead atoms.